The maximum Gasteiger partial charge on any atom is 0.293 e. The molecule has 9 nitrogen and oxygen atoms in total. The van der Waals surface area contributed by atoms with E-state index in [0.717, 1.165) is 25.9 Å². The van der Waals surface area contributed by atoms with Crippen LogP contribution in [0, 0.1) is 16.0 Å². The lowest BCUT2D eigenvalue weighted by Crippen LogP contribution is -2.50. The molecule has 0 saturated carbocycles. The van der Waals surface area contributed by atoms with E-state index in [1.807, 2.05) is 4.90 Å². The summed E-state index contributed by atoms with van der Waals surface area (Å²) in [5.74, 6) is 0.286. The Morgan fingerprint density at radius 2 is 1.78 bits per heavy atom. The zero-order valence-electron chi connectivity index (χ0n) is 17.8. The molecule has 1 aromatic heterocycles. The van der Waals surface area contributed by atoms with E-state index in [2.05, 4.69) is 6.92 Å². The number of amides is 1. The molecule has 0 atom stereocenters. The van der Waals surface area contributed by atoms with Crippen LogP contribution in [0.5, 0.6) is 0 Å². The summed E-state index contributed by atoms with van der Waals surface area (Å²) in [7, 11) is -3.55. The number of carbonyl (C=O) groups excluding carboxylic acids is 1. The van der Waals surface area contributed by atoms with Crippen molar-refractivity contribution in [3.63, 3.8) is 0 Å². The van der Waals surface area contributed by atoms with Gasteiger partial charge in [0.2, 0.25) is 0 Å². The third-order valence-corrected chi connectivity index (χ3v) is 9.43. The van der Waals surface area contributed by atoms with Gasteiger partial charge in [0.1, 0.15) is 9.90 Å². The van der Waals surface area contributed by atoms with Gasteiger partial charge < -0.3 is 9.80 Å². The van der Waals surface area contributed by atoms with Crippen molar-refractivity contribution in [2.75, 3.05) is 44.2 Å². The van der Waals surface area contributed by atoms with Crippen molar-refractivity contribution >= 4 is 38.6 Å². The standard InChI is InChI=1S/C21H26N4O5S2/c1-16-6-8-22(9-7-16)18-5-4-17(15-19(18)25(27)28)21(26)23-10-12-24(13-11-23)32(29,30)20-3-2-14-31-20/h2-5,14-16H,6-13H2,1H3. The van der Waals surface area contributed by atoms with Crippen LogP contribution in [0.2, 0.25) is 0 Å². The lowest BCUT2D eigenvalue weighted by Gasteiger charge is -2.34. The predicted molar refractivity (Wildman–Crippen MR) is 123 cm³/mol. The van der Waals surface area contributed by atoms with Crippen LogP contribution in [-0.2, 0) is 10.0 Å². The Kier molecular flexibility index (Phi) is 6.50. The van der Waals surface area contributed by atoms with Crippen LogP contribution in [0.3, 0.4) is 0 Å². The molecule has 0 N–H and O–H groups in total. The van der Waals surface area contributed by atoms with E-state index in [0.29, 0.717) is 11.6 Å². The maximum atomic E-state index is 13.0. The van der Waals surface area contributed by atoms with E-state index >= 15 is 0 Å². The molecule has 1 amide bonds. The van der Waals surface area contributed by atoms with Gasteiger partial charge in [-0.25, -0.2) is 8.42 Å². The van der Waals surface area contributed by atoms with E-state index < -0.39 is 14.9 Å². The number of piperidine rings is 1. The van der Waals surface area contributed by atoms with Crippen LogP contribution in [0.1, 0.15) is 30.1 Å². The number of sulfonamides is 1. The molecular weight excluding hydrogens is 452 g/mol. The summed E-state index contributed by atoms with van der Waals surface area (Å²) in [6, 6.07) is 7.92. The number of carbonyl (C=O) groups is 1. The molecule has 11 heteroatoms. The quantitative estimate of drug-likeness (QED) is 0.483. The van der Waals surface area contributed by atoms with Crippen molar-refractivity contribution < 1.29 is 18.1 Å². The summed E-state index contributed by atoms with van der Waals surface area (Å²) in [6.07, 6.45) is 1.97. The molecule has 0 aliphatic carbocycles. The molecule has 0 radical (unpaired) electrons. The molecule has 32 heavy (non-hydrogen) atoms. The monoisotopic (exact) mass is 478 g/mol. The number of nitrogens with zero attached hydrogens (tertiary/aromatic N) is 4. The van der Waals surface area contributed by atoms with E-state index in [1.54, 1.807) is 34.5 Å². The molecule has 2 fully saturated rings. The Morgan fingerprint density at radius 3 is 2.38 bits per heavy atom. The van der Waals surface area contributed by atoms with Gasteiger partial charge in [0.25, 0.3) is 21.6 Å². The fourth-order valence-corrected chi connectivity index (χ4v) is 6.74. The van der Waals surface area contributed by atoms with Crippen molar-refractivity contribution in [3.8, 4) is 0 Å². The first-order valence-electron chi connectivity index (χ1n) is 10.6. The van der Waals surface area contributed by atoms with Gasteiger partial charge in [-0.3, -0.25) is 14.9 Å². The van der Waals surface area contributed by atoms with Crippen molar-refractivity contribution in [3.05, 3.63) is 51.4 Å². The van der Waals surface area contributed by atoms with Crippen LogP contribution in [-0.4, -0.2) is 67.7 Å². The summed E-state index contributed by atoms with van der Waals surface area (Å²) in [5, 5.41) is 13.4. The first kappa shape index (κ1) is 22.7. The molecule has 172 valence electrons. The number of anilines is 1. The minimum Gasteiger partial charge on any atom is -0.366 e. The summed E-state index contributed by atoms with van der Waals surface area (Å²) in [4.78, 5) is 27.9. The van der Waals surface area contributed by atoms with Crippen molar-refractivity contribution in [2.45, 2.75) is 24.0 Å². The minimum absolute atomic E-state index is 0.0655. The summed E-state index contributed by atoms with van der Waals surface area (Å²) in [6.45, 7) is 4.56. The molecule has 3 heterocycles. The number of nitro groups is 1. The second kappa shape index (κ2) is 9.16. The number of hydrogen-bond donors (Lipinski definition) is 0. The Hall–Kier alpha value is -2.50. The third kappa shape index (κ3) is 4.50. The predicted octanol–water partition coefficient (Wildman–Crippen LogP) is 3.04. The molecular formula is C21H26N4O5S2. The summed E-state index contributed by atoms with van der Waals surface area (Å²) < 4.78 is 27.0. The normalized spacial score (nSPS) is 18.7. The van der Waals surface area contributed by atoms with Gasteiger partial charge in [0.05, 0.1) is 4.92 Å². The highest BCUT2D eigenvalue weighted by atomic mass is 32.2. The number of rotatable bonds is 5. The Balaban J connectivity index is 1.47. The molecule has 0 spiro atoms. The smallest absolute Gasteiger partial charge is 0.293 e. The van der Waals surface area contributed by atoms with Crippen molar-refractivity contribution in [1.29, 1.82) is 0 Å². The number of nitro benzene ring substituents is 1. The molecule has 0 unspecified atom stereocenters. The highest BCUT2D eigenvalue weighted by molar-refractivity contribution is 7.91. The summed E-state index contributed by atoms with van der Waals surface area (Å²) in [5.41, 5.74) is 0.731. The molecule has 2 aliphatic heterocycles. The van der Waals surface area contributed by atoms with Crippen molar-refractivity contribution in [2.24, 2.45) is 5.92 Å². The zero-order chi connectivity index (χ0) is 22.9. The Morgan fingerprint density at radius 1 is 1.09 bits per heavy atom. The van der Waals surface area contributed by atoms with Gasteiger partial charge in [-0.1, -0.05) is 13.0 Å². The second-order valence-corrected chi connectivity index (χ2v) is 11.4. The Labute approximate surface area is 191 Å². The summed E-state index contributed by atoms with van der Waals surface area (Å²) >= 11 is 1.17. The molecule has 2 saturated heterocycles. The number of thiophene rings is 1. The van der Waals surface area contributed by atoms with Gasteiger partial charge in [0.15, 0.2) is 0 Å². The largest absolute Gasteiger partial charge is 0.366 e. The average Bonchev–Trinajstić information content (AvgIpc) is 3.35. The van der Waals surface area contributed by atoms with E-state index in [9.17, 15) is 23.3 Å². The zero-order valence-corrected chi connectivity index (χ0v) is 19.5. The number of benzene rings is 1. The minimum atomic E-state index is -3.55. The van der Waals surface area contributed by atoms with Gasteiger partial charge in [0, 0.05) is 50.9 Å². The number of hydrogen-bond acceptors (Lipinski definition) is 7. The molecule has 0 bridgehead atoms. The van der Waals surface area contributed by atoms with Crippen LogP contribution in [0.25, 0.3) is 0 Å². The van der Waals surface area contributed by atoms with Crippen LogP contribution < -0.4 is 4.90 Å². The van der Waals surface area contributed by atoms with E-state index in [4.69, 9.17) is 0 Å². The fourth-order valence-electron chi connectivity index (χ4n) is 4.17. The Bertz CT molecular complexity index is 1090. The highest BCUT2D eigenvalue weighted by Gasteiger charge is 2.32. The molecule has 1 aromatic carbocycles. The maximum absolute atomic E-state index is 13.0. The van der Waals surface area contributed by atoms with Crippen molar-refractivity contribution in [1.82, 2.24) is 9.21 Å². The SMILES string of the molecule is CC1CCN(c2ccc(C(=O)N3CCN(S(=O)(=O)c4cccs4)CC3)cc2[N+](=O)[O-])CC1. The van der Waals surface area contributed by atoms with Gasteiger partial charge in [-0.15, -0.1) is 11.3 Å². The molecule has 4 rings (SSSR count). The van der Waals surface area contributed by atoms with Gasteiger partial charge in [-0.05, 0) is 42.3 Å². The van der Waals surface area contributed by atoms with E-state index in [-0.39, 0.29) is 47.5 Å². The second-order valence-electron chi connectivity index (χ2n) is 8.26. The molecule has 2 aliphatic rings. The van der Waals surface area contributed by atoms with Crippen LogP contribution in [0.15, 0.2) is 39.9 Å². The van der Waals surface area contributed by atoms with Gasteiger partial charge in [-0.2, -0.15) is 4.31 Å². The average molecular weight is 479 g/mol. The van der Waals surface area contributed by atoms with Crippen LogP contribution in [0.4, 0.5) is 11.4 Å². The lowest BCUT2D eigenvalue weighted by molar-refractivity contribution is -0.384. The lowest BCUT2D eigenvalue weighted by atomic mass is 9.98. The first-order chi connectivity index (χ1) is 15.3. The van der Waals surface area contributed by atoms with E-state index in [1.165, 1.54) is 21.7 Å². The third-order valence-electron chi connectivity index (χ3n) is 6.16. The fraction of sp³-hybridized carbons (Fsp3) is 0.476. The molecule has 2 aromatic rings. The number of piperazine rings is 1. The van der Waals surface area contributed by atoms with Gasteiger partial charge >= 0.3 is 0 Å². The van der Waals surface area contributed by atoms with Crippen LogP contribution >= 0.6 is 11.3 Å². The highest BCUT2D eigenvalue weighted by Crippen LogP contribution is 2.33. The first-order valence-corrected chi connectivity index (χ1v) is 13.0. The topological polar surface area (TPSA) is 104 Å².